The van der Waals surface area contributed by atoms with Gasteiger partial charge in [0.25, 0.3) is 0 Å². The summed E-state index contributed by atoms with van der Waals surface area (Å²) in [5.41, 5.74) is 0.873. The molecule has 0 aliphatic rings. The fourth-order valence-electron chi connectivity index (χ4n) is 1.17. The summed E-state index contributed by atoms with van der Waals surface area (Å²) in [7, 11) is 1.64. The lowest BCUT2D eigenvalue weighted by Gasteiger charge is -2.12. The Hall–Kier alpha value is -1.32. The Balaban J connectivity index is 2.63. The van der Waals surface area contributed by atoms with Crippen molar-refractivity contribution in [2.24, 2.45) is 0 Å². The molecule has 0 atom stereocenters. The van der Waals surface area contributed by atoms with Crippen LogP contribution in [0.2, 0.25) is 5.02 Å². The van der Waals surface area contributed by atoms with Gasteiger partial charge in [0, 0.05) is 24.7 Å². The molecule has 0 saturated carbocycles. The van der Waals surface area contributed by atoms with Gasteiger partial charge in [0.1, 0.15) is 0 Å². The van der Waals surface area contributed by atoms with Crippen molar-refractivity contribution in [3.8, 4) is 0 Å². The molecule has 1 rings (SSSR count). The maximum Gasteiger partial charge on any atom is 0.246 e. The highest BCUT2D eigenvalue weighted by molar-refractivity contribution is 6.30. The van der Waals surface area contributed by atoms with Crippen molar-refractivity contribution in [3.05, 3.63) is 40.9 Å². The number of halogens is 1. The second-order valence-electron chi connectivity index (χ2n) is 3.37. The molecule has 1 aromatic carbocycles. The van der Waals surface area contributed by atoms with Crippen LogP contribution in [0.3, 0.4) is 0 Å². The summed E-state index contributed by atoms with van der Waals surface area (Å²) in [5, 5.41) is 9.31. The van der Waals surface area contributed by atoms with Gasteiger partial charge in [-0.05, 0) is 23.8 Å². The number of aliphatic hydroxyl groups excluding tert-OH is 1. The van der Waals surface area contributed by atoms with Crippen molar-refractivity contribution in [3.63, 3.8) is 0 Å². The first-order chi connectivity index (χ1) is 7.63. The van der Waals surface area contributed by atoms with Gasteiger partial charge in [-0.15, -0.1) is 0 Å². The van der Waals surface area contributed by atoms with Crippen LogP contribution in [-0.2, 0) is 4.79 Å². The standard InChI is InChI=1S/C12H14ClNO2/c1-14(7-8-15)12(16)6-5-10-3-2-4-11(13)9-10/h2-6,9,15H,7-8H2,1H3. The third-order valence-corrected chi connectivity index (χ3v) is 2.31. The van der Waals surface area contributed by atoms with Gasteiger partial charge in [-0.3, -0.25) is 4.79 Å². The first kappa shape index (κ1) is 12.7. The molecule has 1 aromatic rings. The summed E-state index contributed by atoms with van der Waals surface area (Å²) in [6.07, 6.45) is 3.16. The third-order valence-electron chi connectivity index (χ3n) is 2.08. The highest BCUT2D eigenvalue weighted by atomic mass is 35.5. The lowest BCUT2D eigenvalue weighted by atomic mass is 10.2. The molecule has 0 unspecified atom stereocenters. The van der Waals surface area contributed by atoms with Crippen LogP contribution in [0.25, 0.3) is 6.08 Å². The number of rotatable bonds is 4. The average molecular weight is 240 g/mol. The van der Waals surface area contributed by atoms with E-state index < -0.39 is 0 Å². The van der Waals surface area contributed by atoms with Gasteiger partial charge in [-0.2, -0.15) is 0 Å². The van der Waals surface area contributed by atoms with Crippen molar-refractivity contribution >= 4 is 23.6 Å². The van der Waals surface area contributed by atoms with Crippen molar-refractivity contribution in [1.82, 2.24) is 4.90 Å². The molecule has 4 heteroatoms. The third kappa shape index (κ3) is 4.04. The molecule has 1 N–H and O–H groups in total. The predicted molar refractivity (Wildman–Crippen MR) is 65.2 cm³/mol. The Kier molecular flexibility index (Phi) is 5.02. The van der Waals surface area contributed by atoms with Crippen molar-refractivity contribution in [2.75, 3.05) is 20.2 Å². The maximum atomic E-state index is 11.5. The number of hydrogen-bond acceptors (Lipinski definition) is 2. The number of hydrogen-bond donors (Lipinski definition) is 1. The van der Waals surface area contributed by atoms with E-state index in [1.807, 2.05) is 12.1 Å². The van der Waals surface area contributed by atoms with E-state index in [4.69, 9.17) is 16.7 Å². The van der Waals surface area contributed by atoms with Crippen LogP contribution in [0, 0.1) is 0 Å². The summed E-state index contributed by atoms with van der Waals surface area (Å²) >= 11 is 5.81. The minimum absolute atomic E-state index is 0.0345. The van der Waals surface area contributed by atoms with Gasteiger partial charge in [-0.1, -0.05) is 23.7 Å². The lowest BCUT2D eigenvalue weighted by molar-refractivity contribution is -0.125. The van der Waals surface area contributed by atoms with Crippen LogP contribution in [0.1, 0.15) is 5.56 Å². The van der Waals surface area contributed by atoms with E-state index in [9.17, 15) is 4.79 Å². The number of likely N-dealkylation sites (N-methyl/N-ethyl adjacent to an activating group) is 1. The molecule has 1 amide bonds. The Morgan fingerprint density at radius 1 is 1.56 bits per heavy atom. The smallest absolute Gasteiger partial charge is 0.246 e. The lowest BCUT2D eigenvalue weighted by Crippen LogP contribution is -2.27. The highest BCUT2D eigenvalue weighted by Crippen LogP contribution is 2.11. The second kappa shape index (κ2) is 6.30. The molecule has 0 fully saturated rings. The Labute approximate surface area is 100.0 Å². The zero-order chi connectivity index (χ0) is 12.0. The molecule has 16 heavy (non-hydrogen) atoms. The van der Waals surface area contributed by atoms with Gasteiger partial charge in [0.15, 0.2) is 0 Å². The van der Waals surface area contributed by atoms with E-state index in [0.29, 0.717) is 11.6 Å². The van der Waals surface area contributed by atoms with Crippen LogP contribution < -0.4 is 0 Å². The summed E-state index contributed by atoms with van der Waals surface area (Å²) < 4.78 is 0. The minimum atomic E-state index is -0.144. The highest BCUT2D eigenvalue weighted by Gasteiger charge is 2.02. The number of carbonyl (C=O) groups is 1. The van der Waals surface area contributed by atoms with Gasteiger partial charge in [-0.25, -0.2) is 0 Å². The summed E-state index contributed by atoms with van der Waals surface area (Å²) in [6, 6.07) is 7.24. The number of benzene rings is 1. The van der Waals surface area contributed by atoms with Gasteiger partial charge < -0.3 is 10.0 Å². The Morgan fingerprint density at radius 3 is 2.94 bits per heavy atom. The van der Waals surface area contributed by atoms with Crippen LogP contribution in [-0.4, -0.2) is 36.1 Å². The molecule has 0 aromatic heterocycles. The summed E-state index contributed by atoms with van der Waals surface area (Å²) in [6.45, 7) is 0.298. The first-order valence-electron chi connectivity index (χ1n) is 4.93. The molecule has 0 saturated heterocycles. The molecule has 0 radical (unpaired) electrons. The zero-order valence-corrected chi connectivity index (χ0v) is 9.81. The summed E-state index contributed by atoms with van der Waals surface area (Å²) in [4.78, 5) is 12.9. The maximum absolute atomic E-state index is 11.5. The molecule has 0 aliphatic heterocycles. The molecular formula is C12H14ClNO2. The number of nitrogens with zero attached hydrogens (tertiary/aromatic N) is 1. The van der Waals surface area contributed by atoms with E-state index in [0.717, 1.165) is 5.56 Å². The first-order valence-corrected chi connectivity index (χ1v) is 5.31. The molecule has 3 nitrogen and oxygen atoms in total. The number of carbonyl (C=O) groups excluding carboxylic acids is 1. The normalized spacial score (nSPS) is 10.7. The van der Waals surface area contributed by atoms with Gasteiger partial charge >= 0.3 is 0 Å². The fraction of sp³-hybridized carbons (Fsp3) is 0.250. The predicted octanol–water partition coefficient (Wildman–Crippen LogP) is 1.80. The fourth-order valence-corrected chi connectivity index (χ4v) is 1.36. The van der Waals surface area contributed by atoms with E-state index in [1.54, 1.807) is 25.3 Å². The van der Waals surface area contributed by atoms with E-state index in [-0.39, 0.29) is 12.5 Å². The number of aliphatic hydroxyl groups is 1. The van der Waals surface area contributed by atoms with Crippen LogP contribution in [0.5, 0.6) is 0 Å². The van der Waals surface area contributed by atoms with Crippen LogP contribution >= 0.6 is 11.6 Å². The Morgan fingerprint density at radius 2 is 2.31 bits per heavy atom. The zero-order valence-electron chi connectivity index (χ0n) is 9.06. The van der Waals surface area contributed by atoms with Gasteiger partial charge in [0.05, 0.1) is 6.61 Å². The number of amides is 1. The molecular weight excluding hydrogens is 226 g/mol. The largest absolute Gasteiger partial charge is 0.395 e. The quantitative estimate of drug-likeness (QED) is 0.814. The van der Waals surface area contributed by atoms with Gasteiger partial charge in [0.2, 0.25) is 5.91 Å². The molecule has 86 valence electrons. The van der Waals surface area contributed by atoms with E-state index in [1.165, 1.54) is 11.0 Å². The molecule has 0 aliphatic carbocycles. The van der Waals surface area contributed by atoms with Crippen LogP contribution in [0.4, 0.5) is 0 Å². The molecule has 0 spiro atoms. The topological polar surface area (TPSA) is 40.5 Å². The van der Waals surface area contributed by atoms with E-state index in [2.05, 4.69) is 0 Å². The molecule has 0 bridgehead atoms. The SMILES string of the molecule is CN(CCO)C(=O)C=Cc1cccc(Cl)c1. The van der Waals surface area contributed by atoms with Crippen molar-refractivity contribution in [1.29, 1.82) is 0 Å². The van der Waals surface area contributed by atoms with E-state index >= 15 is 0 Å². The second-order valence-corrected chi connectivity index (χ2v) is 3.81. The van der Waals surface area contributed by atoms with Crippen molar-refractivity contribution in [2.45, 2.75) is 0 Å². The summed E-state index contributed by atoms with van der Waals surface area (Å²) in [5.74, 6) is -0.144. The van der Waals surface area contributed by atoms with Crippen LogP contribution in [0.15, 0.2) is 30.3 Å². The van der Waals surface area contributed by atoms with Crippen molar-refractivity contribution < 1.29 is 9.90 Å². The minimum Gasteiger partial charge on any atom is -0.395 e. The molecule has 0 heterocycles. The monoisotopic (exact) mass is 239 g/mol. The Bertz CT molecular complexity index is 390. The average Bonchev–Trinajstić information content (AvgIpc) is 2.26.